The van der Waals surface area contributed by atoms with Crippen LogP contribution in [0.25, 0.3) is 0 Å². The molecule has 0 spiro atoms. The summed E-state index contributed by atoms with van der Waals surface area (Å²) in [6.07, 6.45) is 2.13. The molecule has 3 heteroatoms. The highest BCUT2D eigenvalue weighted by atomic mass is 32.1. The summed E-state index contributed by atoms with van der Waals surface area (Å²) in [6.45, 7) is 8.64. The zero-order chi connectivity index (χ0) is 13.1. The molecule has 0 saturated carbocycles. The minimum atomic E-state index is 0.0921. The van der Waals surface area contributed by atoms with E-state index in [1.54, 1.807) is 0 Å². The third-order valence-electron chi connectivity index (χ3n) is 3.44. The van der Waals surface area contributed by atoms with Crippen LogP contribution in [0.3, 0.4) is 0 Å². The summed E-state index contributed by atoms with van der Waals surface area (Å²) in [5, 5.41) is 3.56. The lowest BCUT2D eigenvalue weighted by molar-refractivity contribution is 0.478. The lowest BCUT2D eigenvalue weighted by Crippen LogP contribution is -2.34. The Hall–Kier alpha value is -1.09. The molecular weight excluding hydrogens is 228 g/mol. The molecule has 0 aliphatic rings. The van der Waals surface area contributed by atoms with Gasteiger partial charge in [-0.2, -0.15) is 0 Å². The fraction of sp³-hybridized carbons (Fsp3) is 0.500. The van der Waals surface area contributed by atoms with Crippen LogP contribution in [0.2, 0.25) is 0 Å². The number of aryl methyl sites for hydroxylation is 1. The molecule has 0 aliphatic heterocycles. The van der Waals surface area contributed by atoms with E-state index in [1.807, 2.05) is 13.0 Å². The van der Waals surface area contributed by atoms with Crippen molar-refractivity contribution in [2.24, 2.45) is 5.73 Å². The Bertz CT molecular complexity index is 409. The van der Waals surface area contributed by atoms with Gasteiger partial charge in [-0.25, -0.2) is 0 Å². The maximum atomic E-state index is 5.78. The smallest absolute Gasteiger partial charge is 0.106 e. The number of hydrogen-bond acceptors (Lipinski definition) is 2. The van der Waals surface area contributed by atoms with E-state index in [2.05, 4.69) is 38.2 Å². The van der Waals surface area contributed by atoms with Gasteiger partial charge in [0.25, 0.3) is 0 Å². The SMILES string of the molecule is CCC(C)(CC)Nc1ccc(C)cc1C(N)=S. The number of rotatable bonds is 5. The monoisotopic (exact) mass is 250 g/mol. The van der Waals surface area contributed by atoms with Crippen molar-refractivity contribution in [3.8, 4) is 0 Å². The molecule has 94 valence electrons. The molecule has 0 bridgehead atoms. The summed E-state index contributed by atoms with van der Waals surface area (Å²) in [6, 6.07) is 6.18. The number of anilines is 1. The highest BCUT2D eigenvalue weighted by molar-refractivity contribution is 7.80. The second kappa shape index (κ2) is 5.50. The Morgan fingerprint density at radius 1 is 1.35 bits per heavy atom. The van der Waals surface area contributed by atoms with Crippen molar-refractivity contribution < 1.29 is 0 Å². The average Bonchev–Trinajstić information content (AvgIpc) is 2.31. The topological polar surface area (TPSA) is 38.0 Å². The van der Waals surface area contributed by atoms with Crippen LogP contribution in [0, 0.1) is 6.92 Å². The molecule has 0 amide bonds. The molecule has 3 N–H and O–H groups in total. The molecule has 0 aromatic heterocycles. The van der Waals surface area contributed by atoms with Crippen molar-refractivity contribution in [3.05, 3.63) is 29.3 Å². The van der Waals surface area contributed by atoms with Crippen LogP contribution in [0.1, 0.15) is 44.7 Å². The number of hydrogen-bond donors (Lipinski definition) is 2. The highest BCUT2D eigenvalue weighted by Gasteiger charge is 2.20. The Morgan fingerprint density at radius 3 is 2.41 bits per heavy atom. The second-order valence-corrected chi connectivity index (χ2v) is 5.25. The molecular formula is C14H22N2S. The molecule has 2 nitrogen and oxygen atoms in total. The third-order valence-corrected chi connectivity index (χ3v) is 3.66. The summed E-state index contributed by atoms with van der Waals surface area (Å²) in [5.41, 5.74) is 9.02. The standard InChI is InChI=1S/C14H22N2S/c1-5-14(4,6-2)16-12-8-7-10(3)9-11(12)13(15)17/h7-9,16H,5-6H2,1-4H3,(H2,15,17). The van der Waals surface area contributed by atoms with Crippen molar-refractivity contribution in [2.45, 2.75) is 46.1 Å². The zero-order valence-corrected chi connectivity index (χ0v) is 11.9. The molecule has 17 heavy (non-hydrogen) atoms. The van der Waals surface area contributed by atoms with Gasteiger partial charge in [-0.15, -0.1) is 0 Å². The molecule has 0 unspecified atom stereocenters. The van der Waals surface area contributed by atoms with E-state index in [9.17, 15) is 0 Å². The lowest BCUT2D eigenvalue weighted by Gasteiger charge is -2.30. The molecule has 0 heterocycles. The second-order valence-electron chi connectivity index (χ2n) is 4.81. The summed E-state index contributed by atoms with van der Waals surface area (Å²) >= 11 is 5.11. The van der Waals surface area contributed by atoms with Gasteiger partial charge in [0.2, 0.25) is 0 Å². The van der Waals surface area contributed by atoms with Gasteiger partial charge in [0.15, 0.2) is 0 Å². The van der Waals surface area contributed by atoms with E-state index in [4.69, 9.17) is 18.0 Å². The minimum absolute atomic E-state index is 0.0921. The van der Waals surface area contributed by atoms with Crippen molar-refractivity contribution in [3.63, 3.8) is 0 Å². The van der Waals surface area contributed by atoms with Crippen molar-refractivity contribution in [1.82, 2.24) is 0 Å². The van der Waals surface area contributed by atoms with Crippen LogP contribution in [0.4, 0.5) is 5.69 Å². The maximum absolute atomic E-state index is 5.78. The average molecular weight is 250 g/mol. The zero-order valence-electron chi connectivity index (χ0n) is 11.1. The predicted octanol–water partition coefficient (Wildman–Crippen LogP) is 3.62. The van der Waals surface area contributed by atoms with Gasteiger partial charge in [0.1, 0.15) is 4.99 Å². The number of benzene rings is 1. The summed E-state index contributed by atoms with van der Waals surface area (Å²) in [4.78, 5) is 0.450. The van der Waals surface area contributed by atoms with Crippen molar-refractivity contribution >= 4 is 22.9 Å². The quantitative estimate of drug-likeness (QED) is 0.784. The van der Waals surface area contributed by atoms with Crippen LogP contribution in [-0.2, 0) is 0 Å². The first-order valence-electron chi connectivity index (χ1n) is 6.10. The van der Waals surface area contributed by atoms with Crippen molar-refractivity contribution in [1.29, 1.82) is 0 Å². The Labute approximate surface area is 110 Å². The largest absolute Gasteiger partial charge is 0.389 e. The summed E-state index contributed by atoms with van der Waals surface area (Å²) in [7, 11) is 0. The van der Waals surface area contributed by atoms with Crippen LogP contribution in [0.5, 0.6) is 0 Å². The van der Waals surface area contributed by atoms with Crippen LogP contribution < -0.4 is 11.1 Å². The van der Waals surface area contributed by atoms with Gasteiger partial charge < -0.3 is 11.1 Å². The Balaban J connectivity index is 3.10. The first-order chi connectivity index (χ1) is 7.91. The predicted molar refractivity (Wildman–Crippen MR) is 79.7 cm³/mol. The van der Waals surface area contributed by atoms with Gasteiger partial charge in [-0.1, -0.05) is 37.7 Å². The molecule has 1 rings (SSSR count). The maximum Gasteiger partial charge on any atom is 0.106 e. The van der Waals surface area contributed by atoms with Crippen LogP contribution in [-0.4, -0.2) is 10.5 Å². The molecule has 0 radical (unpaired) electrons. The third kappa shape index (κ3) is 3.43. The van der Waals surface area contributed by atoms with Gasteiger partial charge in [0.05, 0.1) is 0 Å². The van der Waals surface area contributed by atoms with Gasteiger partial charge >= 0.3 is 0 Å². The van der Waals surface area contributed by atoms with Crippen molar-refractivity contribution in [2.75, 3.05) is 5.32 Å². The first-order valence-corrected chi connectivity index (χ1v) is 6.51. The number of nitrogens with two attached hydrogens (primary N) is 1. The van der Waals surface area contributed by atoms with E-state index in [0.29, 0.717) is 4.99 Å². The highest BCUT2D eigenvalue weighted by Crippen LogP contribution is 2.25. The normalized spacial score (nSPS) is 11.3. The van der Waals surface area contributed by atoms with E-state index < -0.39 is 0 Å². The summed E-state index contributed by atoms with van der Waals surface area (Å²) < 4.78 is 0. The molecule has 1 aromatic rings. The van der Waals surface area contributed by atoms with E-state index in [-0.39, 0.29) is 5.54 Å². The van der Waals surface area contributed by atoms with Crippen LogP contribution >= 0.6 is 12.2 Å². The minimum Gasteiger partial charge on any atom is -0.389 e. The summed E-state index contributed by atoms with van der Waals surface area (Å²) in [5.74, 6) is 0. The number of thiocarbonyl (C=S) groups is 1. The molecule has 0 atom stereocenters. The van der Waals surface area contributed by atoms with Crippen LogP contribution in [0.15, 0.2) is 18.2 Å². The first kappa shape index (κ1) is 14.0. The van der Waals surface area contributed by atoms with Gasteiger partial charge in [-0.3, -0.25) is 0 Å². The molecule has 0 fully saturated rings. The van der Waals surface area contributed by atoms with E-state index >= 15 is 0 Å². The molecule has 0 aliphatic carbocycles. The van der Waals surface area contributed by atoms with Gasteiger partial charge in [0, 0.05) is 16.8 Å². The van der Waals surface area contributed by atoms with E-state index in [1.165, 1.54) is 5.56 Å². The number of nitrogens with one attached hydrogen (secondary N) is 1. The fourth-order valence-corrected chi connectivity index (χ4v) is 1.89. The Morgan fingerprint density at radius 2 is 1.94 bits per heavy atom. The molecule has 1 aromatic carbocycles. The Kier molecular flexibility index (Phi) is 4.52. The lowest BCUT2D eigenvalue weighted by atomic mass is 9.94. The molecule has 0 saturated heterocycles. The van der Waals surface area contributed by atoms with E-state index in [0.717, 1.165) is 24.1 Å². The fourth-order valence-electron chi connectivity index (χ4n) is 1.72. The van der Waals surface area contributed by atoms with Gasteiger partial charge in [-0.05, 0) is 38.8 Å².